The molecule has 0 rings (SSSR count). The third-order valence-electron chi connectivity index (χ3n) is 0.513. The van der Waals surface area contributed by atoms with Gasteiger partial charge in [0, 0.05) is 5.75 Å². The summed E-state index contributed by atoms with van der Waals surface area (Å²) in [4.78, 5) is 0. The summed E-state index contributed by atoms with van der Waals surface area (Å²) in [5.41, 5.74) is 1.39. The van der Waals surface area contributed by atoms with E-state index in [1.807, 2.05) is 0 Å². The molecule has 0 heterocycles. The minimum absolute atomic E-state index is 0.714. The summed E-state index contributed by atoms with van der Waals surface area (Å²) < 4.78 is 0. The second-order valence-electron chi connectivity index (χ2n) is 1.85. The molecular formula is C5H11NS. The van der Waals surface area contributed by atoms with Crippen LogP contribution in [0, 0.1) is 11.3 Å². The normalized spacial score (nSPS) is 9.57. The Morgan fingerprint density at radius 1 is 1.71 bits per heavy atom. The molecule has 7 heavy (non-hydrogen) atoms. The summed E-state index contributed by atoms with van der Waals surface area (Å²) in [6.45, 7) is 4.30. The Kier molecular flexibility index (Phi) is 4.20. The fraction of sp³-hybridized carbons (Fsp3) is 0.800. The predicted molar refractivity (Wildman–Crippen MR) is 36.1 cm³/mol. The van der Waals surface area contributed by atoms with Gasteiger partial charge < -0.3 is 5.41 Å². The van der Waals surface area contributed by atoms with Crippen molar-refractivity contribution in [2.24, 2.45) is 5.92 Å². The first-order valence-electron chi connectivity index (χ1n) is 2.38. The Labute approximate surface area is 49.0 Å². The van der Waals surface area contributed by atoms with E-state index in [-0.39, 0.29) is 0 Å². The van der Waals surface area contributed by atoms with Crippen LogP contribution in [0.1, 0.15) is 13.8 Å². The number of hydrogen-bond donors (Lipinski definition) is 1. The van der Waals surface area contributed by atoms with Crippen LogP contribution >= 0.6 is 11.8 Å². The Bertz CT molecular complexity index is 52.0. The van der Waals surface area contributed by atoms with Crippen molar-refractivity contribution in [2.75, 3.05) is 5.75 Å². The zero-order valence-corrected chi connectivity index (χ0v) is 5.59. The highest BCUT2D eigenvalue weighted by Crippen LogP contribution is 2.01. The van der Waals surface area contributed by atoms with E-state index in [0.717, 1.165) is 5.75 Å². The Morgan fingerprint density at radius 2 is 2.29 bits per heavy atom. The van der Waals surface area contributed by atoms with Crippen molar-refractivity contribution < 1.29 is 0 Å². The molecule has 0 spiro atoms. The summed E-state index contributed by atoms with van der Waals surface area (Å²) in [7, 11) is 0. The molecule has 0 aromatic rings. The molecule has 0 atom stereocenters. The molecule has 42 valence electrons. The van der Waals surface area contributed by atoms with Crippen molar-refractivity contribution in [3.63, 3.8) is 0 Å². The van der Waals surface area contributed by atoms with Gasteiger partial charge in [-0.2, -0.15) is 0 Å². The number of thioether (sulfide) groups is 1. The van der Waals surface area contributed by atoms with Gasteiger partial charge in [0.05, 0.1) is 5.55 Å². The average molecular weight is 117 g/mol. The maximum Gasteiger partial charge on any atom is 0.0506 e. The first-order valence-corrected chi connectivity index (χ1v) is 3.42. The van der Waals surface area contributed by atoms with Gasteiger partial charge in [0.2, 0.25) is 0 Å². The van der Waals surface area contributed by atoms with Crippen LogP contribution in [0.3, 0.4) is 0 Å². The van der Waals surface area contributed by atoms with Crippen LogP contribution in [0.25, 0.3) is 0 Å². The zero-order valence-electron chi connectivity index (χ0n) is 4.77. The molecule has 0 saturated carbocycles. The maximum absolute atomic E-state index is 6.63. The fourth-order valence-electron chi connectivity index (χ4n) is 0.241. The highest BCUT2D eigenvalue weighted by atomic mass is 32.2. The van der Waals surface area contributed by atoms with Crippen molar-refractivity contribution in [1.29, 1.82) is 5.41 Å². The van der Waals surface area contributed by atoms with Crippen LogP contribution in [-0.2, 0) is 0 Å². The van der Waals surface area contributed by atoms with E-state index in [9.17, 15) is 0 Å². The molecule has 0 amide bonds. The predicted octanol–water partition coefficient (Wildman–Crippen LogP) is 1.98. The second-order valence-corrected chi connectivity index (χ2v) is 2.75. The molecule has 0 aliphatic carbocycles. The van der Waals surface area contributed by atoms with Crippen LogP contribution in [0.2, 0.25) is 0 Å². The summed E-state index contributed by atoms with van der Waals surface area (Å²) in [6, 6.07) is 0. The highest BCUT2D eigenvalue weighted by Gasteiger charge is 1.88. The third kappa shape index (κ3) is 6.02. The van der Waals surface area contributed by atoms with Crippen LogP contribution in [0.5, 0.6) is 0 Å². The minimum Gasteiger partial charge on any atom is -0.302 e. The fourth-order valence-corrected chi connectivity index (χ4v) is 0.722. The first-order chi connectivity index (χ1) is 3.27. The molecule has 0 fully saturated rings. The highest BCUT2D eigenvalue weighted by molar-refractivity contribution is 8.11. The molecular weight excluding hydrogens is 106 g/mol. The summed E-state index contributed by atoms with van der Waals surface area (Å²) in [5, 5.41) is 6.63. The van der Waals surface area contributed by atoms with Crippen molar-refractivity contribution in [2.45, 2.75) is 13.8 Å². The Hall–Kier alpha value is 0.0200. The largest absolute Gasteiger partial charge is 0.302 e. The topological polar surface area (TPSA) is 23.9 Å². The molecule has 0 aromatic heterocycles. The summed E-state index contributed by atoms with van der Waals surface area (Å²) >= 11 is 1.56. The quantitative estimate of drug-likeness (QED) is 0.443. The van der Waals surface area contributed by atoms with Gasteiger partial charge in [-0.1, -0.05) is 13.8 Å². The van der Waals surface area contributed by atoms with E-state index in [1.165, 1.54) is 5.55 Å². The van der Waals surface area contributed by atoms with Crippen molar-refractivity contribution >= 4 is 17.3 Å². The van der Waals surface area contributed by atoms with Gasteiger partial charge in [-0.05, 0) is 5.92 Å². The number of hydrogen-bond acceptors (Lipinski definition) is 2. The molecule has 0 bridgehead atoms. The van der Waals surface area contributed by atoms with Crippen LogP contribution in [-0.4, -0.2) is 11.3 Å². The van der Waals surface area contributed by atoms with Crippen LogP contribution < -0.4 is 0 Å². The molecule has 1 N–H and O–H groups in total. The molecule has 0 radical (unpaired) electrons. The summed E-state index contributed by atoms with van der Waals surface area (Å²) in [5.74, 6) is 1.79. The molecule has 0 aliphatic heterocycles. The van der Waals surface area contributed by atoms with Gasteiger partial charge in [-0.3, -0.25) is 0 Å². The van der Waals surface area contributed by atoms with E-state index in [4.69, 9.17) is 5.41 Å². The lowest BCUT2D eigenvalue weighted by Gasteiger charge is -1.95. The average Bonchev–Trinajstić information content (AvgIpc) is 1.61. The maximum atomic E-state index is 6.63. The third-order valence-corrected chi connectivity index (χ3v) is 1.54. The standard InChI is InChI=1S/C5H11NS/c1-5(2)3-7-4-6/h4-6H,3H2,1-2H3. The summed E-state index contributed by atoms with van der Waals surface area (Å²) in [6.07, 6.45) is 0. The van der Waals surface area contributed by atoms with Gasteiger partial charge >= 0.3 is 0 Å². The minimum atomic E-state index is 0.714. The molecule has 0 unspecified atom stereocenters. The van der Waals surface area contributed by atoms with E-state index in [2.05, 4.69) is 13.8 Å². The van der Waals surface area contributed by atoms with E-state index in [1.54, 1.807) is 11.8 Å². The van der Waals surface area contributed by atoms with Gasteiger partial charge in [0.1, 0.15) is 0 Å². The molecule has 0 aromatic carbocycles. The van der Waals surface area contributed by atoms with Crippen molar-refractivity contribution in [3.8, 4) is 0 Å². The lowest BCUT2D eigenvalue weighted by molar-refractivity contribution is 0.752. The number of rotatable bonds is 3. The van der Waals surface area contributed by atoms with Gasteiger partial charge in [0.15, 0.2) is 0 Å². The van der Waals surface area contributed by atoms with Gasteiger partial charge in [0.25, 0.3) is 0 Å². The van der Waals surface area contributed by atoms with E-state index < -0.39 is 0 Å². The Balaban J connectivity index is 2.81. The first kappa shape index (κ1) is 7.02. The van der Waals surface area contributed by atoms with Crippen LogP contribution in [0.15, 0.2) is 0 Å². The van der Waals surface area contributed by atoms with Gasteiger partial charge in [-0.15, -0.1) is 11.8 Å². The van der Waals surface area contributed by atoms with Crippen molar-refractivity contribution in [1.82, 2.24) is 0 Å². The monoisotopic (exact) mass is 117 g/mol. The molecule has 1 nitrogen and oxygen atoms in total. The van der Waals surface area contributed by atoms with Crippen LogP contribution in [0.4, 0.5) is 0 Å². The smallest absolute Gasteiger partial charge is 0.0506 e. The zero-order chi connectivity index (χ0) is 5.70. The van der Waals surface area contributed by atoms with Crippen molar-refractivity contribution in [3.05, 3.63) is 0 Å². The number of nitrogens with one attached hydrogen (secondary N) is 1. The lowest BCUT2D eigenvalue weighted by atomic mass is 10.3. The van der Waals surface area contributed by atoms with E-state index in [0.29, 0.717) is 5.92 Å². The van der Waals surface area contributed by atoms with Gasteiger partial charge in [-0.25, -0.2) is 0 Å². The lowest BCUT2D eigenvalue weighted by Crippen LogP contribution is -1.88. The molecule has 2 heteroatoms. The molecule has 0 aliphatic rings. The second kappa shape index (κ2) is 4.19. The SMILES string of the molecule is CC(C)CSC=N. The molecule has 0 saturated heterocycles. The van der Waals surface area contributed by atoms with E-state index >= 15 is 0 Å². The Morgan fingerprint density at radius 3 is 2.43 bits per heavy atom.